The van der Waals surface area contributed by atoms with Crippen LogP contribution in [0.4, 0.5) is 34.1 Å². The number of anilines is 6. The first-order chi connectivity index (χ1) is 29.8. The first kappa shape index (κ1) is 34.2. The number of nitrogens with zero attached hydrogens (tertiary/aromatic N) is 2. The van der Waals surface area contributed by atoms with Crippen LogP contribution in [0.1, 0.15) is 22.3 Å². The van der Waals surface area contributed by atoms with Gasteiger partial charge in [0.1, 0.15) is 11.3 Å². The Bertz CT molecular complexity index is 3150. The molecule has 0 saturated carbocycles. The first-order valence-electron chi connectivity index (χ1n) is 20.6. The van der Waals surface area contributed by atoms with Gasteiger partial charge in [-0.15, -0.1) is 0 Å². The van der Waals surface area contributed by atoms with Crippen molar-refractivity contribution in [3.05, 3.63) is 253 Å². The number of benzene rings is 9. The van der Waals surface area contributed by atoms with Gasteiger partial charge in [0.25, 0.3) is 0 Å². The van der Waals surface area contributed by atoms with Crippen LogP contribution in [-0.2, 0) is 5.41 Å². The highest BCUT2D eigenvalue weighted by Gasteiger charge is 2.54. The van der Waals surface area contributed by atoms with E-state index < -0.39 is 5.41 Å². The fourth-order valence-corrected chi connectivity index (χ4v) is 9.95. The van der Waals surface area contributed by atoms with Gasteiger partial charge >= 0.3 is 0 Å². The molecule has 1 unspecified atom stereocenters. The van der Waals surface area contributed by atoms with Crippen LogP contribution in [0.3, 0.4) is 0 Å². The van der Waals surface area contributed by atoms with Crippen molar-refractivity contribution in [3.63, 3.8) is 0 Å². The molecule has 0 bridgehead atoms. The lowest BCUT2D eigenvalue weighted by molar-refractivity contribution is 0.628. The lowest BCUT2D eigenvalue weighted by Crippen LogP contribution is -2.26. The van der Waals surface area contributed by atoms with E-state index in [9.17, 15) is 0 Å². The van der Waals surface area contributed by atoms with Crippen LogP contribution >= 0.6 is 0 Å². The van der Waals surface area contributed by atoms with Crippen LogP contribution in [0, 0.1) is 0 Å². The van der Waals surface area contributed by atoms with E-state index in [0.717, 1.165) is 56.4 Å². The molecule has 60 heavy (non-hydrogen) atoms. The summed E-state index contributed by atoms with van der Waals surface area (Å²) in [5.74, 6) is 0.929. The van der Waals surface area contributed by atoms with Crippen molar-refractivity contribution in [1.29, 1.82) is 0 Å². The Hall–Kier alpha value is -7.88. The molecule has 0 amide bonds. The first-order valence-corrected chi connectivity index (χ1v) is 20.6. The van der Waals surface area contributed by atoms with Crippen molar-refractivity contribution in [2.75, 3.05) is 9.80 Å². The maximum absolute atomic E-state index is 7.03. The van der Waals surface area contributed by atoms with E-state index in [4.69, 9.17) is 4.42 Å². The molecule has 3 heteroatoms. The minimum absolute atomic E-state index is 0.623. The topological polar surface area (TPSA) is 19.6 Å². The molecule has 12 rings (SSSR count). The van der Waals surface area contributed by atoms with Crippen molar-refractivity contribution in [2.45, 2.75) is 5.41 Å². The van der Waals surface area contributed by atoms with E-state index in [2.05, 4.69) is 240 Å². The average Bonchev–Trinajstić information content (AvgIpc) is 3.94. The van der Waals surface area contributed by atoms with Gasteiger partial charge in [-0.05, 0) is 118 Å². The van der Waals surface area contributed by atoms with Gasteiger partial charge in [0.15, 0.2) is 0 Å². The Kier molecular flexibility index (Phi) is 7.76. The molecule has 0 radical (unpaired) electrons. The molecular weight excluding hydrogens is 729 g/mol. The Morgan fingerprint density at radius 3 is 1.45 bits per heavy atom. The number of furan rings is 1. The molecule has 1 aromatic heterocycles. The summed E-state index contributed by atoms with van der Waals surface area (Å²) >= 11 is 0. The zero-order valence-electron chi connectivity index (χ0n) is 32.7. The second-order valence-electron chi connectivity index (χ2n) is 15.6. The van der Waals surface area contributed by atoms with Gasteiger partial charge in [0, 0.05) is 50.6 Å². The van der Waals surface area contributed by atoms with Crippen molar-refractivity contribution >= 4 is 45.1 Å². The molecule has 2 aliphatic carbocycles. The summed E-state index contributed by atoms with van der Waals surface area (Å²) in [6.45, 7) is 0. The van der Waals surface area contributed by atoms with Crippen molar-refractivity contribution in [3.8, 4) is 33.6 Å². The molecule has 3 nitrogen and oxygen atoms in total. The molecule has 2 aliphatic rings. The molecule has 1 spiro atoms. The minimum atomic E-state index is -0.623. The maximum atomic E-state index is 7.03. The van der Waals surface area contributed by atoms with Crippen molar-refractivity contribution < 1.29 is 4.42 Å². The third kappa shape index (κ3) is 5.09. The molecule has 0 saturated heterocycles. The second kappa shape index (κ2) is 13.6. The summed E-state index contributed by atoms with van der Waals surface area (Å²) in [4.78, 5) is 4.72. The van der Waals surface area contributed by atoms with Crippen molar-refractivity contribution in [2.24, 2.45) is 0 Å². The number of para-hydroxylation sites is 4. The van der Waals surface area contributed by atoms with Crippen LogP contribution in [0.25, 0.3) is 44.5 Å². The Morgan fingerprint density at radius 1 is 0.317 bits per heavy atom. The quantitative estimate of drug-likeness (QED) is 0.161. The van der Waals surface area contributed by atoms with E-state index in [0.29, 0.717) is 0 Å². The van der Waals surface area contributed by atoms with Crippen LogP contribution in [-0.4, -0.2) is 0 Å². The van der Waals surface area contributed by atoms with E-state index in [1.807, 2.05) is 0 Å². The van der Waals surface area contributed by atoms with E-state index in [1.165, 1.54) is 44.5 Å². The summed E-state index contributed by atoms with van der Waals surface area (Å²) in [7, 11) is 0. The summed E-state index contributed by atoms with van der Waals surface area (Å²) in [5, 5.41) is 1.14. The molecule has 282 valence electrons. The highest BCUT2D eigenvalue weighted by atomic mass is 16.3. The Balaban J connectivity index is 1.10. The summed E-state index contributed by atoms with van der Waals surface area (Å²) in [5.41, 5.74) is 17.8. The molecular formula is C57H38N2O. The van der Waals surface area contributed by atoms with Gasteiger partial charge in [-0.2, -0.15) is 0 Å². The van der Waals surface area contributed by atoms with E-state index in [-0.39, 0.29) is 0 Å². The van der Waals surface area contributed by atoms with Crippen LogP contribution in [0.5, 0.6) is 0 Å². The van der Waals surface area contributed by atoms with Crippen LogP contribution in [0.15, 0.2) is 235 Å². The largest absolute Gasteiger partial charge is 0.456 e. The minimum Gasteiger partial charge on any atom is -0.456 e. The standard InChI is InChI=1S/C57H38N2O/c1-5-17-39(18-6-1)40-29-31-44(32-30-40)59(43-23-11-4-12-24-43)46-33-35-48-47-25-13-15-27-51(47)57(53(48)38-46)52-36-34-45(37-50(52)56-55(57)49-26-14-16-28-54(49)60-56)58(41-19-7-2-8-20-41)42-21-9-3-10-22-42/h1-38H. The van der Waals surface area contributed by atoms with Gasteiger partial charge < -0.3 is 14.2 Å². The number of hydrogen-bond acceptors (Lipinski definition) is 3. The number of fused-ring (bicyclic) bond motifs is 12. The third-order valence-corrected chi connectivity index (χ3v) is 12.4. The molecule has 0 aliphatic heterocycles. The van der Waals surface area contributed by atoms with Gasteiger partial charge in [0.05, 0.1) is 5.41 Å². The fourth-order valence-electron chi connectivity index (χ4n) is 9.95. The summed E-state index contributed by atoms with van der Waals surface area (Å²) < 4.78 is 7.03. The van der Waals surface area contributed by atoms with E-state index >= 15 is 0 Å². The Labute approximate surface area is 349 Å². The monoisotopic (exact) mass is 766 g/mol. The average molecular weight is 767 g/mol. The zero-order chi connectivity index (χ0) is 39.6. The molecule has 10 aromatic rings. The number of hydrogen-bond donors (Lipinski definition) is 0. The lowest BCUT2D eigenvalue weighted by atomic mass is 9.70. The second-order valence-corrected chi connectivity index (χ2v) is 15.6. The van der Waals surface area contributed by atoms with Gasteiger partial charge in [-0.25, -0.2) is 0 Å². The highest BCUT2D eigenvalue weighted by Crippen LogP contribution is 2.66. The SMILES string of the molecule is c1ccc(-c2ccc(N(c3ccccc3)c3ccc4c(c3)C3(c5ccccc5-4)c4ccc(N(c5ccccc5)c5ccccc5)cc4-c4oc5ccccc5c43)cc2)cc1. The molecule has 1 heterocycles. The molecule has 0 fully saturated rings. The lowest BCUT2D eigenvalue weighted by Gasteiger charge is -2.32. The fraction of sp³-hybridized carbons (Fsp3) is 0.0175. The maximum Gasteiger partial charge on any atom is 0.140 e. The predicted molar refractivity (Wildman–Crippen MR) is 247 cm³/mol. The van der Waals surface area contributed by atoms with Crippen LogP contribution in [0.2, 0.25) is 0 Å². The zero-order valence-corrected chi connectivity index (χ0v) is 32.7. The highest BCUT2D eigenvalue weighted by molar-refractivity contribution is 6.03. The molecule has 1 atom stereocenters. The van der Waals surface area contributed by atoms with Crippen molar-refractivity contribution in [1.82, 2.24) is 0 Å². The molecule has 9 aromatic carbocycles. The smallest absolute Gasteiger partial charge is 0.140 e. The van der Waals surface area contributed by atoms with E-state index in [1.54, 1.807) is 0 Å². The number of rotatable bonds is 7. The third-order valence-electron chi connectivity index (χ3n) is 12.4. The van der Waals surface area contributed by atoms with Gasteiger partial charge in [-0.3, -0.25) is 0 Å². The Morgan fingerprint density at radius 2 is 0.783 bits per heavy atom. The summed E-state index contributed by atoms with van der Waals surface area (Å²) in [6, 6.07) is 83.1. The summed E-state index contributed by atoms with van der Waals surface area (Å²) in [6.07, 6.45) is 0. The molecule has 0 N–H and O–H groups in total. The normalized spacial score (nSPS) is 14.4. The predicted octanol–water partition coefficient (Wildman–Crippen LogP) is 15.4. The van der Waals surface area contributed by atoms with Crippen LogP contribution < -0.4 is 9.80 Å². The van der Waals surface area contributed by atoms with Gasteiger partial charge in [0.2, 0.25) is 0 Å². The van der Waals surface area contributed by atoms with Gasteiger partial charge in [-0.1, -0.05) is 152 Å².